The van der Waals surface area contributed by atoms with Crippen molar-refractivity contribution in [2.75, 3.05) is 0 Å². The van der Waals surface area contributed by atoms with Crippen LogP contribution >= 0.6 is 0 Å². The van der Waals surface area contributed by atoms with Gasteiger partial charge in [0.25, 0.3) is 5.91 Å². The first kappa shape index (κ1) is 17.5. The Morgan fingerprint density at radius 1 is 1.22 bits per heavy atom. The molecule has 2 heterocycles. The normalized spacial score (nSPS) is 22.1. The fourth-order valence-corrected chi connectivity index (χ4v) is 3.84. The number of aliphatic hydroxyl groups excluding tert-OH is 1. The molecule has 2 aromatic heterocycles. The lowest BCUT2D eigenvalue weighted by Gasteiger charge is -2.18. The molecule has 1 aromatic carbocycles. The van der Waals surface area contributed by atoms with Gasteiger partial charge in [-0.05, 0) is 49.4 Å². The van der Waals surface area contributed by atoms with Crippen LogP contribution in [0.25, 0.3) is 5.69 Å². The predicted octanol–water partition coefficient (Wildman–Crippen LogP) is 1.95. The first-order valence-corrected chi connectivity index (χ1v) is 9.14. The molecule has 0 radical (unpaired) electrons. The summed E-state index contributed by atoms with van der Waals surface area (Å²) in [6.45, 7) is 2.73. The maximum atomic E-state index is 12.7. The lowest BCUT2D eigenvalue weighted by molar-refractivity contribution is 0.0872. The molecule has 4 rings (SSSR count). The smallest absolute Gasteiger partial charge is 0.251 e. The third-order valence-electron chi connectivity index (χ3n) is 5.23. The quantitative estimate of drug-likeness (QED) is 0.724. The first-order valence-electron chi connectivity index (χ1n) is 9.14. The van der Waals surface area contributed by atoms with E-state index < -0.39 is 6.10 Å². The zero-order valence-electron chi connectivity index (χ0n) is 15.2. The van der Waals surface area contributed by atoms with Crippen LogP contribution in [-0.4, -0.2) is 42.3 Å². The van der Waals surface area contributed by atoms with Crippen LogP contribution in [0.4, 0.5) is 0 Å². The molecule has 7 heteroatoms. The number of aliphatic hydroxyl groups is 1. The number of carbonyl (C=O) groups is 1. The number of nitrogens with one attached hydrogen (secondary N) is 1. The van der Waals surface area contributed by atoms with Gasteiger partial charge in [-0.3, -0.25) is 4.79 Å². The second-order valence-corrected chi connectivity index (χ2v) is 7.21. The average Bonchev–Trinajstić information content (AvgIpc) is 3.39. The van der Waals surface area contributed by atoms with Crippen molar-refractivity contribution in [1.82, 2.24) is 24.4 Å². The molecule has 1 saturated carbocycles. The van der Waals surface area contributed by atoms with Crippen LogP contribution < -0.4 is 5.32 Å². The highest BCUT2D eigenvalue weighted by molar-refractivity contribution is 5.96. The second-order valence-electron chi connectivity index (χ2n) is 7.21. The third kappa shape index (κ3) is 3.78. The molecular weight excluding hydrogens is 342 g/mol. The molecule has 140 valence electrons. The van der Waals surface area contributed by atoms with Crippen molar-refractivity contribution in [3.63, 3.8) is 0 Å². The van der Waals surface area contributed by atoms with E-state index in [1.54, 1.807) is 25.0 Å². The Balaban J connectivity index is 1.41. The Hall–Kier alpha value is -2.93. The minimum Gasteiger partial charge on any atom is -0.391 e. The van der Waals surface area contributed by atoms with E-state index >= 15 is 0 Å². The van der Waals surface area contributed by atoms with Gasteiger partial charge < -0.3 is 19.6 Å². The lowest BCUT2D eigenvalue weighted by Crippen LogP contribution is -2.40. The zero-order chi connectivity index (χ0) is 18.8. The highest BCUT2D eigenvalue weighted by Crippen LogP contribution is 2.28. The summed E-state index contributed by atoms with van der Waals surface area (Å²) in [7, 11) is 0. The van der Waals surface area contributed by atoms with Gasteiger partial charge in [0, 0.05) is 42.6 Å². The second kappa shape index (κ2) is 7.36. The van der Waals surface area contributed by atoms with Crippen LogP contribution in [-0.2, 0) is 6.54 Å². The molecule has 0 saturated heterocycles. The fourth-order valence-electron chi connectivity index (χ4n) is 3.84. The van der Waals surface area contributed by atoms with Crippen LogP contribution in [0, 0.1) is 12.8 Å². The fraction of sp³-hybridized carbons (Fsp3) is 0.350. The molecule has 1 amide bonds. The summed E-state index contributed by atoms with van der Waals surface area (Å²) in [5.74, 6) is 0.182. The molecule has 0 spiro atoms. The number of hydrogen-bond donors (Lipinski definition) is 2. The van der Waals surface area contributed by atoms with E-state index in [1.165, 1.54) is 0 Å². The Bertz CT molecular complexity index is 905. The molecule has 0 aliphatic heterocycles. The number of carbonyl (C=O) groups excluding carboxylic acids is 1. The van der Waals surface area contributed by atoms with Crippen LogP contribution in [0.5, 0.6) is 0 Å². The molecule has 3 atom stereocenters. The molecule has 7 nitrogen and oxygen atoms in total. The maximum Gasteiger partial charge on any atom is 0.251 e. The summed E-state index contributed by atoms with van der Waals surface area (Å²) in [5, 5.41) is 13.4. The summed E-state index contributed by atoms with van der Waals surface area (Å²) < 4.78 is 3.91. The van der Waals surface area contributed by atoms with Crippen molar-refractivity contribution in [2.45, 2.75) is 38.5 Å². The zero-order valence-corrected chi connectivity index (χ0v) is 15.2. The molecule has 1 aliphatic carbocycles. The lowest BCUT2D eigenvalue weighted by atomic mass is 10.1. The van der Waals surface area contributed by atoms with Gasteiger partial charge in [-0.2, -0.15) is 0 Å². The number of aromatic nitrogens is 4. The van der Waals surface area contributed by atoms with Crippen LogP contribution in [0.3, 0.4) is 0 Å². The van der Waals surface area contributed by atoms with E-state index in [0.717, 1.165) is 24.2 Å². The molecule has 0 bridgehead atoms. The maximum absolute atomic E-state index is 12.7. The summed E-state index contributed by atoms with van der Waals surface area (Å²) in [6.07, 6.45) is 11.7. The topological polar surface area (TPSA) is 85.0 Å². The number of aryl methyl sites for hydroxylation is 1. The van der Waals surface area contributed by atoms with E-state index in [0.29, 0.717) is 17.9 Å². The Morgan fingerprint density at radius 3 is 2.74 bits per heavy atom. The van der Waals surface area contributed by atoms with Gasteiger partial charge in [-0.1, -0.05) is 0 Å². The number of nitrogens with zero attached hydrogens (tertiary/aromatic N) is 4. The van der Waals surface area contributed by atoms with E-state index in [-0.39, 0.29) is 11.9 Å². The number of imidazole rings is 2. The third-order valence-corrected chi connectivity index (χ3v) is 5.23. The molecular formula is C20H23N5O2. The van der Waals surface area contributed by atoms with Crippen molar-refractivity contribution >= 4 is 5.91 Å². The monoisotopic (exact) mass is 365 g/mol. The van der Waals surface area contributed by atoms with Gasteiger partial charge in [0.05, 0.1) is 24.8 Å². The summed E-state index contributed by atoms with van der Waals surface area (Å²) >= 11 is 0. The van der Waals surface area contributed by atoms with Crippen LogP contribution in [0.15, 0.2) is 55.6 Å². The Kier molecular flexibility index (Phi) is 4.77. The standard InChI is InChI=1S/C20H23N5O2/c1-14-8-16(25-7-5-22-13-25)2-3-17(14)20(27)23-18-9-15(10-19(18)26)11-24-6-4-21-12-24/h2-8,12-13,15,18-19,26H,9-11H2,1H3,(H,23,27)/t15?,18-,19-/m1/s1. The SMILES string of the molecule is Cc1cc(-n2ccnc2)ccc1C(=O)N[C@@H]1CC(Cn2ccnc2)C[C@H]1O. The van der Waals surface area contributed by atoms with Crippen LogP contribution in [0.1, 0.15) is 28.8 Å². The number of rotatable bonds is 5. The Labute approximate surface area is 157 Å². The summed E-state index contributed by atoms with van der Waals surface area (Å²) in [5.41, 5.74) is 2.48. The van der Waals surface area contributed by atoms with Crippen molar-refractivity contribution in [3.8, 4) is 5.69 Å². The van der Waals surface area contributed by atoms with Crippen molar-refractivity contribution < 1.29 is 9.90 Å². The van der Waals surface area contributed by atoms with Gasteiger partial charge in [0.2, 0.25) is 0 Å². The molecule has 27 heavy (non-hydrogen) atoms. The number of amides is 1. The van der Waals surface area contributed by atoms with E-state index in [1.807, 2.05) is 46.7 Å². The van der Waals surface area contributed by atoms with Gasteiger partial charge in [0.15, 0.2) is 0 Å². The molecule has 1 aliphatic rings. The van der Waals surface area contributed by atoms with E-state index in [2.05, 4.69) is 15.3 Å². The van der Waals surface area contributed by atoms with E-state index in [4.69, 9.17) is 0 Å². The molecule has 1 fully saturated rings. The first-order chi connectivity index (χ1) is 13.1. The predicted molar refractivity (Wildman–Crippen MR) is 101 cm³/mol. The van der Waals surface area contributed by atoms with Gasteiger partial charge >= 0.3 is 0 Å². The van der Waals surface area contributed by atoms with Gasteiger partial charge in [0.1, 0.15) is 0 Å². The minimum absolute atomic E-state index is 0.142. The molecule has 2 N–H and O–H groups in total. The number of benzene rings is 1. The summed E-state index contributed by atoms with van der Waals surface area (Å²) in [6, 6.07) is 5.46. The largest absolute Gasteiger partial charge is 0.391 e. The minimum atomic E-state index is -0.520. The van der Waals surface area contributed by atoms with Crippen molar-refractivity contribution in [1.29, 1.82) is 0 Å². The number of hydrogen-bond acceptors (Lipinski definition) is 4. The highest BCUT2D eigenvalue weighted by Gasteiger charge is 2.34. The summed E-state index contributed by atoms with van der Waals surface area (Å²) in [4.78, 5) is 20.8. The van der Waals surface area contributed by atoms with Gasteiger partial charge in [-0.15, -0.1) is 0 Å². The van der Waals surface area contributed by atoms with Gasteiger partial charge in [-0.25, -0.2) is 9.97 Å². The molecule has 1 unspecified atom stereocenters. The molecule has 3 aromatic rings. The van der Waals surface area contributed by atoms with E-state index in [9.17, 15) is 9.90 Å². The highest BCUT2D eigenvalue weighted by atomic mass is 16.3. The Morgan fingerprint density at radius 2 is 2.04 bits per heavy atom. The van der Waals surface area contributed by atoms with Crippen molar-refractivity contribution in [2.24, 2.45) is 5.92 Å². The van der Waals surface area contributed by atoms with Crippen molar-refractivity contribution in [3.05, 3.63) is 66.8 Å². The van der Waals surface area contributed by atoms with Crippen LogP contribution in [0.2, 0.25) is 0 Å². The average molecular weight is 365 g/mol.